The Bertz CT molecular complexity index is 601. The van der Waals surface area contributed by atoms with Crippen LogP contribution in [0.15, 0.2) is 12.3 Å². The Labute approximate surface area is 149 Å². The zero-order valence-corrected chi connectivity index (χ0v) is 15.7. The number of amides is 2. The molecule has 2 aliphatic heterocycles. The number of nitrogens with zero attached hydrogens (tertiary/aromatic N) is 3. The van der Waals surface area contributed by atoms with Crippen LogP contribution in [0.5, 0.6) is 0 Å². The third kappa shape index (κ3) is 4.15. The van der Waals surface area contributed by atoms with Gasteiger partial charge in [-0.25, -0.2) is 4.79 Å². The summed E-state index contributed by atoms with van der Waals surface area (Å²) in [4.78, 5) is 14.5. The second kappa shape index (κ2) is 7.33. The molecule has 1 aromatic heterocycles. The predicted octanol–water partition coefficient (Wildman–Crippen LogP) is 2.19. The van der Waals surface area contributed by atoms with E-state index in [0.29, 0.717) is 19.6 Å². The van der Waals surface area contributed by atoms with Crippen LogP contribution in [0, 0.1) is 5.92 Å². The van der Waals surface area contributed by atoms with Crippen LogP contribution in [0.25, 0.3) is 0 Å². The van der Waals surface area contributed by atoms with Crippen molar-refractivity contribution in [3.05, 3.63) is 18.0 Å². The van der Waals surface area contributed by atoms with Crippen LogP contribution in [0.2, 0.25) is 0 Å². The van der Waals surface area contributed by atoms with E-state index in [4.69, 9.17) is 9.47 Å². The van der Waals surface area contributed by atoms with Crippen LogP contribution in [0.4, 0.5) is 4.79 Å². The van der Waals surface area contributed by atoms with Crippen LogP contribution < -0.4 is 5.32 Å². The van der Waals surface area contributed by atoms with Crippen LogP contribution in [0.1, 0.15) is 45.9 Å². The molecule has 2 fully saturated rings. The van der Waals surface area contributed by atoms with Gasteiger partial charge in [-0.2, -0.15) is 5.10 Å². The van der Waals surface area contributed by atoms with Gasteiger partial charge in [0.2, 0.25) is 0 Å². The fourth-order valence-corrected chi connectivity index (χ4v) is 3.96. The van der Waals surface area contributed by atoms with Gasteiger partial charge in [0.05, 0.1) is 23.9 Å². The van der Waals surface area contributed by atoms with E-state index in [9.17, 15) is 4.79 Å². The molecule has 0 spiro atoms. The molecule has 0 radical (unpaired) electrons. The maximum absolute atomic E-state index is 12.6. The second-order valence-electron chi connectivity index (χ2n) is 7.67. The lowest BCUT2D eigenvalue weighted by Gasteiger charge is -2.41. The minimum absolute atomic E-state index is 0.00260. The molecule has 2 aliphatic rings. The van der Waals surface area contributed by atoms with Crippen molar-refractivity contribution >= 4 is 6.03 Å². The molecule has 1 N–H and O–H groups in total. The Balaban J connectivity index is 1.58. The molecule has 1 aromatic rings. The molecule has 25 heavy (non-hydrogen) atoms. The van der Waals surface area contributed by atoms with Crippen molar-refractivity contribution < 1.29 is 14.3 Å². The number of aryl methyl sites for hydroxylation is 1. The fourth-order valence-electron chi connectivity index (χ4n) is 3.96. The van der Waals surface area contributed by atoms with E-state index in [2.05, 4.69) is 17.3 Å². The lowest BCUT2D eigenvalue weighted by Crippen LogP contribution is -2.56. The molecular formula is C18H30N4O3. The summed E-state index contributed by atoms with van der Waals surface area (Å²) < 4.78 is 13.8. The summed E-state index contributed by atoms with van der Waals surface area (Å²) in [5.41, 5.74) is 0.794. The number of carbonyl (C=O) groups excluding carboxylic acids is 1. The zero-order chi connectivity index (χ0) is 18.0. The van der Waals surface area contributed by atoms with Crippen LogP contribution in [-0.2, 0) is 16.0 Å². The van der Waals surface area contributed by atoms with Crippen molar-refractivity contribution in [3.63, 3.8) is 0 Å². The summed E-state index contributed by atoms with van der Waals surface area (Å²) in [6.45, 7) is 11.5. The van der Waals surface area contributed by atoms with E-state index in [1.807, 2.05) is 42.6 Å². The van der Waals surface area contributed by atoms with Gasteiger partial charge in [-0.1, -0.05) is 0 Å². The second-order valence-corrected chi connectivity index (χ2v) is 7.67. The van der Waals surface area contributed by atoms with Crippen LogP contribution >= 0.6 is 0 Å². The maximum atomic E-state index is 12.6. The number of carbonyl (C=O) groups is 1. The lowest BCUT2D eigenvalue weighted by atomic mass is 9.99. The Morgan fingerprint density at radius 2 is 2.28 bits per heavy atom. The molecule has 1 unspecified atom stereocenters. The van der Waals surface area contributed by atoms with Crippen molar-refractivity contribution in [2.24, 2.45) is 5.92 Å². The van der Waals surface area contributed by atoms with E-state index in [-0.39, 0.29) is 29.8 Å². The molecule has 7 heteroatoms. The molecule has 2 saturated heterocycles. The van der Waals surface area contributed by atoms with E-state index in [1.165, 1.54) is 0 Å². The van der Waals surface area contributed by atoms with Gasteiger partial charge in [0.25, 0.3) is 0 Å². The highest BCUT2D eigenvalue weighted by atomic mass is 16.5. The number of morpholine rings is 1. The normalized spacial score (nSPS) is 29.0. The highest BCUT2D eigenvalue weighted by Gasteiger charge is 2.35. The molecule has 3 heterocycles. The Morgan fingerprint density at radius 3 is 3.00 bits per heavy atom. The Morgan fingerprint density at radius 1 is 1.48 bits per heavy atom. The molecule has 3 rings (SSSR count). The summed E-state index contributed by atoms with van der Waals surface area (Å²) in [7, 11) is 0. The third-order valence-electron chi connectivity index (χ3n) is 4.93. The summed E-state index contributed by atoms with van der Waals surface area (Å²) in [6.07, 6.45) is 2.82. The molecule has 0 aromatic carbocycles. The molecule has 140 valence electrons. The van der Waals surface area contributed by atoms with E-state index < -0.39 is 0 Å². The van der Waals surface area contributed by atoms with Gasteiger partial charge in [0.1, 0.15) is 6.10 Å². The quantitative estimate of drug-likeness (QED) is 0.904. The smallest absolute Gasteiger partial charge is 0.317 e. The number of rotatable bonds is 4. The first-order valence-electron chi connectivity index (χ1n) is 9.23. The number of hydrogen-bond acceptors (Lipinski definition) is 4. The van der Waals surface area contributed by atoms with Gasteiger partial charge in [-0.3, -0.25) is 4.68 Å². The predicted molar refractivity (Wildman–Crippen MR) is 94.3 cm³/mol. The maximum Gasteiger partial charge on any atom is 0.317 e. The molecular weight excluding hydrogens is 320 g/mol. The average Bonchev–Trinajstić information content (AvgIpc) is 3.18. The molecule has 2 amide bonds. The Kier molecular flexibility index (Phi) is 5.34. The van der Waals surface area contributed by atoms with Crippen molar-refractivity contribution in [1.29, 1.82) is 0 Å². The zero-order valence-electron chi connectivity index (χ0n) is 15.7. The molecule has 7 nitrogen and oxygen atoms in total. The number of aromatic nitrogens is 2. The Hall–Kier alpha value is -1.60. The first-order valence-corrected chi connectivity index (χ1v) is 9.23. The molecule has 0 saturated carbocycles. The van der Waals surface area contributed by atoms with Crippen molar-refractivity contribution in [3.8, 4) is 0 Å². The summed E-state index contributed by atoms with van der Waals surface area (Å²) in [5.74, 6) is 0.275. The highest BCUT2D eigenvalue weighted by Crippen LogP contribution is 2.34. The van der Waals surface area contributed by atoms with Crippen molar-refractivity contribution in [1.82, 2.24) is 20.0 Å². The fraction of sp³-hybridized carbons (Fsp3) is 0.778. The summed E-state index contributed by atoms with van der Waals surface area (Å²) in [5, 5.41) is 7.44. The number of urea groups is 1. The topological polar surface area (TPSA) is 68.6 Å². The first kappa shape index (κ1) is 18.2. The minimum Gasteiger partial charge on any atom is -0.372 e. The first-order chi connectivity index (χ1) is 11.9. The highest BCUT2D eigenvalue weighted by molar-refractivity contribution is 5.74. The monoisotopic (exact) mass is 350 g/mol. The van der Waals surface area contributed by atoms with Crippen LogP contribution in [-0.4, -0.2) is 58.7 Å². The van der Waals surface area contributed by atoms with Gasteiger partial charge in [-0.15, -0.1) is 0 Å². The minimum atomic E-state index is -0.304. The summed E-state index contributed by atoms with van der Waals surface area (Å²) in [6, 6.07) is 2.00. The van der Waals surface area contributed by atoms with E-state index >= 15 is 0 Å². The lowest BCUT2D eigenvalue weighted by molar-refractivity contribution is -0.117. The number of nitrogens with one attached hydrogen (secondary N) is 1. The third-order valence-corrected chi connectivity index (χ3v) is 4.93. The number of hydrogen-bond donors (Lipinski definition) is 1. The van der Waals surface area contributed by atoms with E-state index in [1.54, 1.807) is 0 Å². The van der Waals surface area contributed by atoms with Crippen LogP contribution in [0.3, 0.4) is 0 Å². The van der Waals surface area contributed by atoms with Crippen molar-refractivity contribution in [2.45, 2.75) is 58.5 Å². The largest absolute Gasteiger partial charge is 0.372 e. The van der Waals surface area contributed by atoms with Gasteiger partial charge >= 0.3 is 6.03 Å². The number of ether oxygens (including phenoxy) is 2. The SMILES string of the molecule is CCn1nccc1[C@@H]1OCC[C@H]1CNC(=O)N1CC(C)OC(C)(C)C1. The molecule has 0 aliphatic carbocycles. The standard InChI is InChI=1S/C18H30N4O3/c1-5-22-15(6-8-20-22)16-14(7-9-24-16)10-19-17(23)21-11-13(2)25-18(3,4)12-21/h6,8,13-14,16H,5,7,9-12H2,1-4H3,(H,19,23)/t13?,14-,16+/m0/s1. The van der Waals surface area contributed by atoms with Crippen molar-refractivity contribution in [2.75, 3.05) is 26.2 Å². The van der Waals surface area contributed by atoms with E-state index in [0.717, 1.165) is 25.3 Å². The molecule has 3 atom stereocenters. The van der Waals surface area contributed by atoms with Gasteiger partial charge in [-0.05, 0) is 40.2 Å². The molecule has 0 bridgehead atoms. The average molecular weight is 350 g/mol. The van der Waals surface area contributed by atoms with Gasteiger partial charge in [0.15, 0.2) is 0 Å². The van der Waals surface area contributed by atoms with Gasteiger partial charge in [0, 0.05) is 38.4 Å². The van der Waals surface area contributed by atoms with Gasteiger partial charge < -0.3 is 19.7 Å². The summed E-state index contributed by atoms with van der Waals surface area (Å²) >= 11 is 0.